The van der Waals surface area contributed by atoms with Gasteiger partial charge < -0.3 is 20.9 Å². The third kappa shape index (κ3) is 7.89. The third-order valence-corrected chi connectivity index (χ3v) is 7.51. The van der Waals surface area contributed by atoms with Crippen molar-refractivity contribution >= 4 is 17.7 Å². The van der Waals surface area contributed by atoms with Crippen LogP contribution in [0.1, 0.15) is 56.7 Å². The number of carbonyl (C=O) groups is 3. The molecule has 2 aromatic carbocycles. The van der Waals surface area contributed by atoms with Crippen molar-refractivity contribution in [1.82, 2.24) is 20.9 Å². The topological polar surface area (TPSA) is 90.5 Å². The van der Waals surface area contributed by atoms with Crippen molar-refractivity contribution in [2.75, 3.05) is 13.6 Å². The summed E-state index contributed by atoms with van der Waals surface area (Å²) in [6, 6.07) is 16.1. The summed E-state index contributed by atoms with van der Waals surface area (Å²) in [5, 5.41) is 9.42. The van der Waals surface area contributed by atoms with Crippen LogP contribution >= 0.6 is 0 Å². The number of rotatable bonds is 4. The van der Waals surface area contributed by atoms with Gasteiger partial charge in [-0.15, -0.1) is 0 Å². The Hall–Kier alpha value is -3.19. The van der Waals surface area contributed by atoms with Crippen LogP contribution < -0.4 is 16.0 Å². The Balaban J connectivity index is 1.87. The number of benzene rings is 2. The predicted molar refractivity (Wildman–Crippen MR) is 147 cm³/mol. The number of nitrogens with one attached hydrogen (secondary N) is 3. The molecule has 1 aliphatic rings. The molecule has 3 amide bonds. The summed E-state index contributed by atoms with van der Waals surface area (Å²) in [6.07, 6.45) is 3.88. The van der Waals surface area contributed by atoms with E-state index in [-0.39, 0.29) is 23.6 Å². The summed E-state index contributed by atoms with van der Waals surface area (Å²) >= 11 is 0. The molecule has 200 valence electrons. The van der Waals surface area contributed by atoms with Crippen molar-refractivity contribution in [3.05, 3.63) is 71.3 Å². The van der Waals surface area contributed by atoms with Crippen molar-refractivity contribution in [3.8, 4) is 0 Å². The molecule has 0 unspecified atom stereocenters. The fourth-order valence-electron chi connectivity index (χ4n) is 4.67. The second-order valence-electron chi connectivity index (χ2n) is 10.1. The summed E-state index contributed by atoms with van der Waals surface area (Å²) in [5.41, 5.74) is 3.39. The van der Waals surface area contributed by atoms with Crippen LogP contribution in [0.5, 0.6) is 0 Å². The maximum Gasteiger partial charge on any atom is 0.243 e. The Kier molecular flexibility index (Phi) is 10.7. The van der Waals surface area contributed by atoms with Gasteiger partial charge in [0.25, 0.3) is 0 Å². The van der Waals surface area contributed by atoms with E-state index in [9.17, 15) is 14.4 Å². The van der Waals surface area contributed by atoms with Crippen molar-refractivity contribution in [2.24, 2.45) is 5.92 Å². The van der Waals surface area contributed by atoms with Crippen LogP contribution in [0.4, 0.5) is 0 Å². The highest BCUT2D eigenvalue weighted by Gasteiger charge is 2.32. The zero-order valence-electron chi connectivity index (χ0n) is 22.6. The van der Waals surface area contributed by atoms with Crippen molar-refractivity contribution < 1.29 is 14.4 Å². The maximum atomic E-state index is 13.6. The van der Waals surface area contributed by atoms with Gasteiger partial charge in [-0.05, 0) is 48.8 Å². The number of hydrogen-bond acceptors (Lipinski definition) is 4. The SMILES string of the molecule is CC[C@H](C)[C@@H]1NCc2ccccc2CCCCNC(=O)[C@@H](Cc2ccccc2)NC(=O)[C@@H](C)N(C)C1=O. The van der Waals surface area contributed by atoms with Gasteiger partial charge in [0.05, 0.1) is 6.04 Å². The first kappa shape index (κ1) is 28.4. The molecule has 0 spiro atoms. The fourth-order valence-corrected chi connectivity index (χ4v) is 4.67. The monoisotopic (exact) mass is 506 g/mol. The molecule has 0 aromatic heterocycles. The molecule has 0 aliphatic carbocycles. The zero-order valence-corrected chi connectivity index (χ0v) is 22.6. The largest absolute Gasteiger partial charge is 0.354 e. The van der Waals surface area contributed by atoms with E-state index < -0.39 is 18.1 Å². The highest BCUT2D eigenvalue weighted by atomic mass is 16.2. The maximum absolute atomic E-state index is 13.6. The molecule has 1 aliphatic heterocycles. The van der Waals surface area contributed by atoms with E-state index in [0.717, 1.165) is 31.2 Å². The van der Waals surface area contributed by atoms with Gasteiger partial charge >= 0.3 is 0 Å². The van der Waals surface area contributed by atoms with Crippen molar-refractivity contribution in [1.29, 1.82) is 0 Å². The summed E-state index contributed by atoms with van der Waals surface area (Å²) < 4.78 is 0. The second kappa shape index (κ2) is 13.9. The molecule has 37 heavy (non-hydrogen) atoms. The van der Waals surface area contributed by atoms with Gasteiger partial charge in [0.1, 0.15) is 12.1 Å². The number of fused-ring (bicyclic) bond motifs is 1. The van der Waals surface area contributed by atoms with Gasteiger partial charge in [-0.3, -0.25) is 14.4 Å². The quantitative estimate of drug-likeness (QED) is 0.594. The van der Waals surface area contributed by atoms with Crippen LogP contribution in [0, 0.1) is 5.92 Å². The van der Waals surface area contributed by atoms with E-state index in [4.69, 9.17) is 0 Å². The molecule has 7 heteroatoms. The van der Waals surface area contributed by atoms with E-state index in [2.05, 4.69) is 41.9 Å². The number of likely N-dealkylation sites (N-methyl/N-ethyl adjacent to an activating group) is 1. The lowest BCUT2D eigenvalue weighted by Gasteiger charge is -2.32. The van der Waals surface area contributed by atoms with Crippen LogP contribution in [0.3, 0.4) is 0 Å². The second-order valence-corrected chi connectivity index (χ2v) is 10.1. The van der Waals surface area contributed by atoms with E-state index >= 15 is 0 Å². The Morgan fingerprint density at radius 1 is 0.946 bits per heavy atom. The molecular formula is C30H42N4O3. The van der Waals surface area contributed by atoms with Crippen molar-refractivity contribution in [2.45, 2.75) is 77.5 Å². The molecule has 0 fully saturated rings. The smallest absolute Gasteiger partial charge is 0.243 e. The third-order valence-electron chi connectivity index (χ3n) is 7.51. The van der Waals surface area contributed by atoms with Crippen LogP contribution in [-0.4, -0.2) is 54.3 Å². The molecule has 2 aromatic rings. The van der Waals surface area contributed by atoms with Gasteiger partial charge in [-0.2, -0.15) is 0 Å². The summed E-state index contributed by atoms with van der Waals surface area (Å²) in [6.45, 7) is 6.97. The lowest BCUT2D eigenvalue weighted by molar-refractivity contribution is -0.141. The summed E-state index contributed by atoms with van der Waals surface area (Å²) in [7, 11) is 1.66. The minimum absolute atomic E-state index is 0.0936. The number of hydrogen-bond donors (Lipinski definition) is 3. The number of aryl methyl sites for hydroxylation is 1. The van der Waals surface area contributed by atoms with E-state index in [0.29, 0.717) is 19.5 Å². The number of amides is 3. The summed E-state index contributed by atoms with van der Waals surface area (Å²) in [5.74, 6) is -0.578. The Bertz CT molecular complexity index is 1040. The molecule has 0 saturated heterocycles. The molecule has 3 rings (SSSR count). The van der Waals surface area contributed by atoms with Crippen LogP contribution in [0.25, 0.3) is 0 Å². The Morgan fingerprint density at radius 2 is 1.62 bits per heavy atom. The van der Waals surface area contributed by atoms with Crippen molar-refractivity contribution in [3.63, 3.8) is 0 Å². The average molecular weight is 507 g/mol. The average Bonchev–Trinajstić information content (AvgIpc) is 2.92. The first-order chi connectivity index (χ1) is 17.8. The Labute approximate surface area is 221 Å². The molecule has 7 nitrogen and oxygen atoms in total. The lowest BCUT2D eigenvalue weighted by Crippen LogP contribution is -2.57. The molecule has 4 atom stereocenters. The molecular weight excluding hydrogens is 464 g/mol. The standard InChI is InChI=1S/C30H42N4O3/c1-5-21(2)27-30(37)34(4)22(3)28(35)33-26(19-23-13-7-6-8-14-23)29(36)31-18-12-11-16-24-15-9-10-17-25(24)20-32-27/h6-10,13-15,17,21-22,26-27,32H,5,11-12,16,18-20H2,1-4H3,(H,31,36)(H,33,35)/t21-,22+,26+,27-/m0/s1. The van der Waals surface area contributed by atoms with Crippen LogP contribution in [0.2, 0.25) is 0 Å². The van der Waals surface area contributed by atoms with Gasteiger partial charge in [-0.25, -0.2) is 0 Å². The highest BCUT2D eigenvalue weighted by Crippen LogP contribution is 2.17. The van der Waals surface area contributed by atoms with Gasteiger partial charge in [0, 0.05) is 26.6 Å². The molecule has 0 radical (unpaired) electrons. The lowest BCUT2D eigenvalue weighted by atomic mass is 9.96. The fraction of sp³-hybridized carbons (Fsp3) is 0.500. The first-order valence-corrected chi connectivity index (χ1v) is 13.5. The molecule has 0 bridgehead atoms. The van der Waals surface area contributed by atoms with E-state index in [1.165, 1.54) is 16.0 Å². The highest BCUT2D eigenvalue weighted by molar-refractivity contribution is 5.93. The van der Waals surface area contributed by atoms with E-state index in [1.807, 2.05) is 42.5 Å². The van der Waals surface area contributed by atoms with E-state index in [1.54, 1.807) is 14.0 Å². The summed E-state index contributed by atoms with van der Waals surface area (Å²) in [4.78, 5) is 41.5. The number of nitrogens with zero attached hydrogens (tertiary/aromatic N) is 1. The normalized spacial score (nSPS) is 23.4. The minimum atomic E-state index is -0.727. The Morgan fingerprint density at radius 3 is 2.32 bits per heavy atom. The molecule has 1 heterocycles. The number of carbonyl (C=O) groups excluding carboxylic acids is 3. The zero-order chi connectivity index (χ0) is 26.8. The minimum Gasteiger partial charge on any atom is -0.354 e. The van der Waals surface area contributed by atoms with Crippen LogP contribution in [0.15, 0.2) is 54.6 Å². The van der Waals surface area contributed by atoms with Gasteiger partial charge in [0.15, 0.2) is 0 Å². The molecule has 0 saturated carbocycles. The predicted octanol–water partition coefficient (Wildman–Crippen LogP) is 3.22. The van der Waals surface area contributed by atoms with Crippen LogP contribution in [-0.2, 0) is 33.8 Å². The van der Waals surface area contributed by atoms with Gasteiger partial charge in [0.2, 0.25) is 17.7 Å². The molecule has 3 N–H and O–H groups in total. The van der Waals surface area contributed by atoms with Gasteiger partial charge in [-0.1, -0.05) is 74.9 Å². The first-order valence-electron chi connectivity index (χ1n) is 13.5.